The Morgan fingerprint density at radius 2 is 1.54 bits per heavy atom. The van der Waals surface area contributed by atoms with Crippen molar-refractivity contribution in [3.05, 3.63) is 65.7 Å². The molecule has 0 bridgehead atoms. The first kappa shape index (κ1) is 19.2. The molecule has 0 aromatic heterocycles. The van der Waals surface area contributed by atoms with Crippen LogP contribution < -0.4 is 4.90 Å². The number of rotatable bonds is 6. The Hall–Kier alpha value is -2.17. The number of hydrogen-bond donors (Lipinski definition) is 1. The largest absolute Gasteiger partial charge is 0.389 e. The highest BCUT2D eigenvalue weighted by molar-refractivity contribution is 5.96. The van der Waals surface area contributed by atoms with E-state index < -0.39 is 5.60 Å². The molecule has 4 heteroatoms. The molecule has 28 heavy (non-hydrogen) atoms. The van der Waals surface area contributed by atoms with Gasteiger partial charge in [0.05, 0.1) is 5.60 Å². The van der Waals surface area contributed by atoms with Crippen LogP contribution >= 0.6 is 0 Å². The summed E-state index contributed by atoms with van der Waals surface area (Å²) in [5.74, 6) is 0.0362. The Bertz CT molecular complexity index is 774. The zero-order valence-electron chi connectivity index (χ0n) is 16.5. The van der Waals surface area contributed by atoms with Gasteiger partial charge >= 0.3 is 0 Å². The minimum absolute atomic E-state index is 0.0362. The summed E-state index contributed by atoms with van der Waals surface area (Å²) in [4.78, 5) is 17.3. The van der Waals surface area contributed by atoms with E-state index in [2.05, 4.69) is 34.1 Å². The molecule has 0 saturated carbocycles. The van der Waals surface area contributed by atoms with E-state index in [1.807, 2.05) is 30.3 Å². The fourth-order valence-corrected chi connectivity index (χ4v) is 4.37. The maximum atomic E-state index is 12.5. The van der Waals surface area contributed by atoms with E-state index in [1.54, 1.807) is 0 Å². The average molecular weight is 379 g/mol. The SMILES string of the molecule is O=C(CC1(O)CCN(Cc2ccc(N3CCCC3)cc2)CC1)c1ccccc1. The van der Waals surface area contributed by atoms with Crippen molar-refractivity contribution in [2.24, 2.45) is 0 Å². The molecule has 0 atom stereocenters. The molecule has 4 nitrogen and oxygen atoms in total. The zero-order valence-corrected chi connectivity index (χ0v) is 16.5. The third-order valence-electron chi connectivity index (χ3n) is 6.19. The smallest absolute Gasteiger partial charge is 0.165 e. The second kappa shape index (κ2) is 8.46. The minimum atomic E-state index is -0.872. The van der Waals surface area contributed by atoms with Crippen LogP contribution in [0.3, 0.4) is 0 Å². The monoisotopic (exact) mass is 378 g/mol. The summed E-state index contributed by atoms with van der Waals surface area (Å²) in [6.07, 6.45) is 4.11. The first-order chi connectivity index (χ1) is 13.6. The zero-order chi connectivity index (χ0) is 19.4. The van der Waals surface area contributed by atoms with E-state index in [9.17, 15) is 9.90 Å². The average Bonchev–Trinajstić information content (AvgIpc) is 3.26. The molecule has 2 aliphatic heterocycles. The Morgan fingerprint density at radius 3 is 2.18 bits per heavy atom. The van der Waals surface area contributed by atoms with Gasteiger partial charge in [0, 0.05) is 50.4 Å². The lowest BCUT2D eigenvalue weighted by Crippen LogP contribution is -2.45. The maximum Gasteiger partial charge on any atom is 0.165 e. The molecule has 2 fully saturated rings. The van der Waals surface area contributed by atoms with Crippen molar-refractivity contribution >= 4 is 11.5 Å². The van der Waals surface area contributed by atoms with Crippen LogP contribution in [0.5, 0.6) is 0 Å². The predicted octanol–water partition coefficient (Wildman–Crippen LogP) is 3.89. The lowest BCUT2D eigenvalue weighted by atomic mass is 9.85. The highest BCUT2D eigenvalue weighted by atomic mass is 16.3. The molecular formula is C24H30N2O2. The number of carbonyl (C=O) groups is 1. The summed E-state index contributed by atoms with van der Waals surface area (Å²) in [5.41, 5.74) is 2.46. The fraction of sp³-hybridized carbons (Fsp3) is 0.458. The van der Waals surface area contributed by atoms with Crippen LogP contribution in [0, 0.1) is 0 Å². The van der Waals surface area contributed by atoms with Crippen molar-refractivity contribution < 1.29 is 9.90 Å². The van der Waals surface area contributed by atoms with Gasteiger partial charge in [-0.3, -0.25) is 9.69 Å². The summed E-state index contributed by atoms with van der Waals surface area (Å²) in [7, 11) is 0. The quantitative estimate of drug-likeness (QED) is 0.775. The second-order valence-corrected chi connectivity index (χ2v) is 8.33. The van der Waals surface area contributed by atoms with Crippen LogP contribution in [0.1, 0.15) is 48.0 Å². The van der Waals surface area contributed by atoms with Gasteiger partial charge in [-0.05, 0) is 43.4 Å². The van der Waals surface area contributed by atoms with Crippen molar-refractivity contribution in [3.63, 3.8) is 0 Å². The molecule has 0 radical (unpaired) electrons. The summed E-state index contributed by atoms with van der Waals surface area (Å²) >= 11 is 0. The summed E-state index contributed by atoms with van der Waals surface area (Å²) in [6, 6.07) is 18.2. The van der Waals surface area contributed by atoms with E-state index in [0.29, 0.717) is 18.4 Å². The van der Waals surface area contributed by atoms with Crippen molar-refractivity contribution in [3.8, 4) is 0 Å². The van der Waals surface area contributed by atoms with E-state index in [1.165, 1.54) is 37.2 Å². The van der Waals surface area contributed by atoms with E-state index in [0.717, 1.165) is 19.6 Å². The van der Waals surface area contributed by atoms with Crippen molar-refractivity contribution in [2.75, 3.05) is 31.1 Å². The second-order valence-electron chi connectivity index (χ2n) is 8.33. The Morgan fingerprint density at radius 1 is 0.893 bits per heavy atom. The van der Waals surface area contributed by atoms with Crippen molar-refractivity contribution in [2.45, 2.75) is 44.2 Å². The number of piperidine rings is 1. The van der Waals surface area contributed by atoms with Crippen LogP contribution in [-0.2, 0) is 6.54 Å². The third-order valence-corrected chi connectivity index (χ3v) is 6.19. The molecule has 1 N–H and O–H groups in total. The van der Waals surface area contributed by atoms with E-state index in [4.69, 9.17) is 0 Å². The van der Waals surface area contributed by atoms with Gasteiger partial charge in [0.1, 0.15) is 0 Å². The molecular weight excluding hydrogens is 348 g/mol. The molecule has 0 spiro atoms. The Kier molecular flexibility index (Phi) is 5.79. The maximum absolute atomic E-state index is 12.5. The number of ketones is 1. The van der Waals surface area contributed by atoms with Crippen LogP contribution in [0.15, 0.2) is 54.6 Å². The number of Topliss-reactive ketones (excluding diaryl/α,β-unsaturated/α-hetero) is 1. The first-order valence-electron chi connectivity index (χ1n) is 10.5. The van der Waals surface area contributed by atoms with Gasteiger partial charge in [-0.2, -0.15) is 0 Å². The van der Waals surface area contributed by atoms with Crippen molar-refractivity contribution in [1.82, 2.24) is 4.90 Å². The highest BCUT2D eigenvalue weighted by Crippen LogP contribution is 2.28. The van der Waals surface area contributed by atoms with Gasteiger partial charge in [-0.1, -0.05) is 42.5 Å². The van der Waals surface area contributed by atoms with Crippen LogP contribution in [0.4, 0.5) is 5.69 Å². The number of benzene rings is 2. The molecule has 4 rings (SSSR count). The topological polar surface area (TPSA) is 43.8 Å². The molecule has 2 heterocycles. The molecule has 0 amide bonds. The standard InChI is InChI=1S/C24H30N2O2/c27-23(21-6-2-1-3-7-21)18-24(28)12-16-25(17-13-24)19-20-8-10-22(11-9-20)26-14-4-5-15-26/h1-3,6-11,28H,4-5,12-19H2. The lowest BCUT2D eigenvalue weighted by molar-refractivity contribution is -0.0241. The molecule has 2 aromatic carbocycles. The molecule has 2 aliphatic rings. The van der Waals surface area contributed by atoms with Gasteiger partial charge in [-0.25, -0.2) is 0 Å². The highest BCUT2D eigenvalue weighted by Gasteiger charge is 2.34. The predicted molar refractivity (Wildman–Crippen MR) is 113 cm³/mol. The third kappa shape index (κ3) is 4.62. The summed E-state index contributed by atoms with van der Waals surface area (Å²) in [6.45, 7) is 4.90. The number of aliphatic hydroxyl groups is 1. The van der Waals surface area contributed by atoms with Gasteiger partial charge in [-0.15, -0.1) is 0 Å². The molecule has 0 aliphatic carbocycles. The Labute approximate surface area is 167 Å². The summed E-state index contributed by atoms with van der Waals surface area (Å²) < 4.78 is 0. The number of likely N-dealkylation sites (tertiary alicyclic amines) is 1. The number of nitrogens with zero attached hydrogens (tertiary/aromatic N) is 2. The lowest BCUT2D eigenvalue weighted by Gasteiger charge is -2.38. The number of hydrogen-bond acceptors (Lipinski definition) is 4. The summed E-state index contributed by atoms with van der Waals surface area (Å²) in [5, 5.41) is 10.9. The molecule has 2 aromatic rings. The Balaban J connectivity index is 1.28. The normalized spacial score (nSPS) is 19.7. The fourth-order valence-electron chi connectivity index (χ4n) is 4.37. The van der Waals surface area contributed by atoms with Crippen LogP contribution in [0.25, 0.3) is 0 Å². The van der Waals surface area contributed by atoms with E-state index >= 15 is 0 Å². The van der Waals surface area contributed by atoms with Gasteiger partial charge < -0.3 is 10.0 Å². The minimum Gasteiger partial charge on any atom is -0.389 e. The molecule has 2 saturated heterocycles. The molecule has 0 unspecified atom stereocenters. The van der Waals surface area contributed by atoms with E-state index in [-0.39, 0.29) is 12.2 Å². The number of anilines is 1. The van der Waals surface area contributed by atoms with Gasteiger partial charge in [0.15, 0.2) is 5.78 Å². The van der Waals surface area contributed by atoms with Crippen LogP contribution in [0.2, 0.25) is 0 Å². The first-order valence-corrected chi connectivity index (χ1v) is 10.5. The van der Waals surface area contributed by atoms with Gasteiger partial charge in [0.2, 0.25) is 0 Å². The number of carbonyl (C=O) groups excluding carboxylic acids is 1. The molecule has 148 valence electrons. The van der Waals surface area contributed by atoms with Crippen molar-refractivity contribution in [1.29, 1.82) is 0 Å². The van der Waals surface area contributed by atoms with Gasteiger partial charge in [0.25, 0.3) is 0 Å². The van der Waals surface area contributed by atoms with Crippen LogP contribution in [-0.4, -0.2) is 47.6 Å².